The molecule has 0 aliphatic heterocycles. The fourth-order valence-corrected chi connectivity index (χ4v) is 1.29. The molecule has 0 aliphatic carbocycles. The van der Waals surface area contributed by atoms with Crippen LogP contribution in [0.5, 0.6) is 0 Å². The third-order valence-corrected chi connectivity index (χ3v) is 1.97. The van der Waals surface area contributed by atoms with Crippen molar-refractivity contribution in [1.82, 2.24) is 19.7 Å². The number of nitrogens with zero attached hydrogens (tertiary/aromatic N) is 4. The Balaban J connectivity index is 2.58. The van der Waals surface area contributed by atoms with E-state index in [2.05, 4.69) is 15.1 Å². The highest BCUT2D eigenvalue weighted by atomic mass is 35.5. The zero-order valence-corrected chi connectivity index (χ0v) is 7.64. The van der Waals surface area contributed by atoms with Crippen LogP contribution < -0.4 is 0 Å². The Labute approximate surface area is 83.1 Å². The predicted molar refractivity (Wildman–Crippen MR) is 48.0 cm³/mol. The normalized spacial score (nSPS) is 10.6. The summed E-state index contributed by atoms with van der Waals surface area (Å²) in [5.41, 5.74) is 0.424. The lowest BCUT2D eigenvalue weighted by Gasteiger charge is -1.97. The van der Waals surface area contributed by atoms with Crippen molar-refractivity contribution >= 4 is 28.6 Å². The van der Waals surface area contributed by atoms with Gasteiger partial charge in [-0.3, -0.25) is 4.79 Å². The third kappa shape index (κ3) is 1.39. The summed E-state index contributed by atoms with van der Waals surface area (Å²) in [7, 11) is 0. The lowest BCUT2D eigenvalue weighted by molar-refractivity contribution is -0.137. The van der Waals surface area contributed by atoms with Crippen LogP contribution in [0.3, 0.4) is 0 Å². The molecular weight excluding hydrogens is 208 g/mol. The number of carboxylic acid groups (broad SMARTS) is 1. The number of carboxylic acids is 1. The van der Waals surface area contributed by atoms with E-state index in [4.69, 9.17) is 16.7 Å². The Morgan fingerprint density at radius 2 is 2.36 bits per heavy atom. The van der Waals surface area contributed by atoms with Gasteiger partial charge in [0.15, 0.2) is 5.65 Å². The lowest BCUT2D eigenvalue weighted by Crippen LogP contribution is -2.10. The van der Waals surface area contributed by atoms with Crippen molar-refractivity contribution < 1.29 is 9.90 Å². The number of hydrogen-bond donors (Lipinski definition) is 1. The summed E-state index contributed by atoms with van der Waals surface area (Å²) in [4.78, 5) is 18.1. The molecule has 0 unspecified atom stereocenters. The molecule has 0 saturated heterocycles. The number of rotatable bonds is 2. The number of carbonyl (C=O) groups is 1. The van der Waals surface area contributed by atoms with Gasteiger partial charge in [0, 0.05) is 0 Å². The van der Waals surface area contributed by atoms with Crippen molar-refractivity contribution in [1.29, 1.82) is 0 Å². The fraction of sp³-hybridized carbons (Fsp3) is 0.143. The van der Waals surface area contributed by atoms with Gasteiger partial charge in [-0.05, 0) is 0 Å². The summed E-state index contributed by atoms with van der Waals surface area (Å²) in [6.45, 7) is -0.239. The summed E-state index contributed by atoms with van der Waals surface area (Å²) < 4.78 is 1.26. The second-order valence-electron chi connectivity index (χ2n) is 2.60. The van der Waals surface area contributed by atoms with Crippen LogP contribution in [0.2, 0.25) is 5.15 Å². The average Bonchev–Trinajstić information content (AvgIpc) is 2.49. The van der Waals surface area contributed by atoms with Crippen molar-refractivity contribution in [2.24, 2.45) is 0 Å². The maximum Gasteiger partial charge on any atom is 0.325 e. The Hall–Kier alpha value is -1.69. The molecule has 7 heteroatoms. The van der Waals surface area contributed by atoms with Crippen LogP contribution >= 0.6 is 11.6 Å². The van der Waals surface area contributed by atoms with Crippen molar-refractivity contribution in [3.63, 3.8) is 0 Å². The Kier molecular flexibility index (Phi) is 2.05. The molecule has 1 N–H and O–H groups in total. The Bertz CT molecular complexity index is 495. The van der Waals surface area contributed by atoms with E-state index >= 15 is 0 Å². The number of aromatic nitrogens is 4. The molecule has 0 radical (unpaired) electrons. The molecule has 6 nitrogen and oxygen atoms in total. The van der Waals surface area contributed by atoms with Gasteiger partial charge in [0.25, 0.3) is 0 Å². The molecule has 0 aromatic carbocycles. The van der Waals surface area contributed by atoms with Crippen LogP contribution in [0, 0.1) is 0 Å². The fourth-order valence-electron chi connectivity index (χ4n) is 1.11. The second kappa shape index (κ2) is 3.22. The van der Waals surface area contributed by atoms with E-state index < -0.39 is 5.97 Å². The Morgan fingerprint density at radius 1 is 1.57 bits per heavy atom. The van der Waals surface area contributed by atoms with Crippen molar-refractivity contribution in [2.75, 3.05) is 0 Å². The summed E-state index contributed by atoms with van der Waals surface area (Å²) in [6, 6.07) is 0. The molecule has 2 heterocycles. The third-order valence-electron chi connectivity index (χ3n) is 1.67. The summed E-state index contributed by atoms with van der Waals surface area (Å²) in [5.74, 6) is -0.982. The monoisotopic (exact) mass is 212 g/mol. The molecule has 0 amide bonds. The van der Waals surface area contributed by atoms with Crippen LogP contribution in [-0.2, 0) is 11.3 Å². The largest absolute Gasteiger partial charge is 0.480 e. The molecule has 0 bridgehead atoms. The van der Waals surface area contributed by atoms with Crippen LogP contribution in [0.1, 0.15) is 0 Å². The molecule has 0 aliphatic rings. The quantitative estimate of drug-likeness (QED) is 0.736. The maximum absolute atomic E-state index is 10.5. The lowest BCUT2D eigenvalue weighted by atomic mass is 10.4. The van der Waals surface area contributed by atoms with Crippen LogP contribution in [0.25, 0.3) is 11.0 Å². The van der Waals surface area contributed by atoms with Crippen LogP contribution in [0.15, 0.2) is 12.5 Å². The van der Waals surface area contributed by atoms with Crippen molar-refractivity contribution in [2.45, 2.75) is 6.54 Å². The smallest absolute Gasteiger partial charge is 0.325 e. The van der Waals surface area contributed by atoms with Gasteiger partial charge in [0.2, 0.25) is 0 Å². The van der Waals surface area contributed by atoms with E-state index in [1.165, 1.54) is 17.2 Å². The predicted octanol–water partition coefficient (Wildman–Crippen LogP) is 0.564. The van der Waals surface area contributed by atoms with E-state index in [-0.39, 0.29) is 11.7 Å². The highest BCUT2D eigenvalue weighted by Crippen LogP contribution is 2.17. The van der Waals surface area contributed by atoms with Gasteiger partial charge in [-0.2, -0.15) is 5.10 Å². The highest BCUT2D eigenvalue weighted by molar-refractivity contribution is 6.33. The first-order valence-electron chi connectivity index (χ1n) is 3.72. The highest BCUT2D eigenvalue weighted by Gasteiger charge is 2.09. The molecule has 2 aromatic heterocycles. The Morgan fingerprint density at radius 3 is 3.07 bits per heavy atom. The topological polar surface area (TPSA) is 80.9 Å². The van der Waals surface area contributed by atoms with Crippen molar-refractivity contribution in [3.8, 4) is 0 Å². The first kappa shape index (κ1) is 8.89. The molecule has 2 aromatic rings. The van der Waals surface area contributed by atoms with Crippen molar-refractivity contribution in [3.05, 3.63) is 17.7 Å². The SMILES string of the molecule is O=C(O)Cn1ncc2c(Cl)ncnc21. The van der Waals surface area contributed by atoms with E-state index in [9.17, 15) is 4.79 Å². The van der Waals surface area contributed by atoms with E-state index in [0.717, 1.165) is 0 Å². The molecule has 14 heavy (non-hydrogen) atoms. The molecule has 0 saturated carbocycles. The number of fused-ring (bicyclic) bond motifs is 1. The van der Waals surface area contributed by atoms with Gasteiger partial charge in [0.1, 0.15) is 18.0 Å². The van der Waals surface area contributed by atoms with E-state index in [1.807, 2.05) is 0 Å². The summed E-state index contributed by atoms with van der Waals surface area (Å²) in [5, 5.41) is 13.2. The molecule has 72 valence electrons. The zero-order valence-electron chi connectivity index (χ0n) is 6.88. The first-order valence-corrected chi connectivity index (χ1v) is 4.10. The zero-order chi connectivity index (χ0) is 10.1. The summed E-state index contributed by atoms with van der Waals surface area (Å²) in [6.07, 6.45) is 2.71. The van der Waals surface area contributed by atoms with Gasteiger partial charge in [0.05, 0.1) is 11.6 Å². The van der Waals surface area contributed by atoms with Crippen LogP contribution in [-0.4, -0.2) is 30.8 Å². The van der Waals surface area contributed by atoms with E-state index in [0.29, 0.717) is 11.0 Å². The van der Waals surface area contributed by atoms with Gasteiger partial charge >= 0.3 is 5.97 Å². The molecular formula is C7H5ClN4O2. The standard InChI is InChI=1S/C7H5ClN4O2/c8-6-4-1-11-12(2-5(13)14)7(4)10-3-9-6/h1,3H,2H2,(H,13,14). The molecule has 0 spiro atoms. The van der Waals surface area contributed by atoms with Gasteiger partial charge in [-0.15, -0.1) is 0 Å². The number of halogens is 1. The minimum absolute atomic E-state index is 0.239. The second-order valence-corrected chi connectivity index (χ2v) is 2.96. The molecule has 0 atom stereocenters. The van der Waals surface area contributed by atoms with Gasteiger partial charge in [-0.1, -0.05) is 11.6 Å². The first-order chi connectivity index (χ1) is 6.68. The summed E-state index contributed by atoms with van der Waals surface area (Å²) >= 11 is 5.76. The minimum atomic E-state index is -0.982. The average molecular weight is 213 g/mol. The molecule has 0 fully saturated rings. The number of hydrogen-bond acceptors (Lipinski definition) is 4. The van der Waals surface area contributed by atoms with E-state index in [1.54, 1.807) is 0 Å². The van der Waals surface area contributed by atoms with Gasteiger partial charge < -0.3 is 5.11 Å². The molecule has 2 rings (SSSR count). The maximum atomic E-state index is 10.5. The number of aliphatic carboxylic acids is 1. The van der Waals surface area contributed by atoms with Gasteiger partial charge in [-0.25, -0.2) is 14.6 Å². The van der Waals surface area contributed by atoms with Crippen LogP contribution in [0.4, 0.5) is 0 Å². The minimum Gasteiger partial charge on any atom is -0.480 e.